The fourth-order valence-corrected chi connectivity index (χ4v) is 1.65. The number of rotatable bonds is 5. The first kappa shape index (κ1) is 12.5. The van der Waals surface area contributed by atoms with Crippen molar-refractivity contribution < 1.29 is 9.50 Å². The van der Waals surface area contributed by atoms with Gasteiger partial charge in [0.25, 0.3) is 0 Å². The van der Waals surface area contributed by atoms with Crippen molar-refractivity contribution >= 4 is 0 Å². The second-order valence-electron chi connectivity index (χ2n) is 4.06. The average Bonchev–Trinajstić information content (AvgIpc) is 2.75. The number of aromatic nitrogens is 3. The molecule has 0 aliphatic heterocycles. The molecule has 0 radical (unpaired) electrons. The molecule has 0 spiro atoms. The fraction of sp³-hybridized carbons (Fsp3) is 0.333. The predicted octanol–water partition coefficient (Wildman–Crippen LogP) is 0.992. The summed E-state index contributed by atoms with van der Waals surface area (Å²) in [5.41, 5.74) is 0.549. The first-order valence-corrected chi connectivity index (χ1v) is 5.68. The molecule has 1 heterocycles. The van der Waals surface area contributed by atoms with Crippen LogP contribution in [0.15, 0.2) is 24.5 Å². The molecule has 0 fully saturated rings. The van der Waals surface area contributed by atoms with Gasteiger partial charge in [0.1, 0.15) is 23.7 Å². The minimum Gasteiger partial charge on any atom is -0.508 e. The molecule has 0 saturated heterocycles. The lowest BCUT2D eigenvalue weighted by Gasteiger charge is -2.06. The van der Waals surface area contributed by atoms with Gasteiger partial charge in [0.15, 0.2) is 0 Å². The standard InChI is InChI=1S/C12H15FN4O/c1-17-8-15-16-12(17)4-5-14-7-9-6-10(13)2-3-11(9)18/h2-3,6,8,14,18H,4-5,7H2,1H3. The summed E-state index contributed by atoms with van der Waals surface area (Å²) in [4.78, 5) is 0. The number of hydrogen-bond acceptors (Lipinski definition) is 4. The Hall–Kier alpha value is -1.95. The zero-order valence-electron chi connectivity index (χ0n) is 10.1. The maximum Gasteiger partial charge on any atom is 0.133 e. The third kappa shape index (κ3) is 3.04. The van der Waals surface area contributed by atoms with E-state index in [0.717, 1.165) is 12.2 Å². The third-order valence-corrected chi connectivity index (χ3v) is 2.69. The van der Waals surface area contributed by atoms with E-state index in [1.807, 2.05) is 11.6 Å². The van der Waals surface area contributed by atoms with Crippen molar-refractivity contribution in [1.29, 1.82) is 0 Å². The molecule has 2 rings (SSSR count). The topological polar surface area (TPSA) is 63.0 Å². The third-order valence-electron chi connectivity index (χ3n) is 2.69. The maximum absolute atomic E-state index is 13.0. The summed E-state index contributed by atoms with van der Waals surface area (Å²) in [7, 11) is 1.88. The van der Waals surface area contributed by atoms with Crippen LogP contribution in [0.25, 0.3) is 0 Å². The minimum atomic E-state index is -0.349. The van der Waals surface area contributed by atoms with Crippen LogP contribution >= 0.6 is 0 Å². The van der Waals surface area contributed by atoms with Gasteiger partial charge in [-0.25, -0.2) is 4.39 Å². The Balaban J connectivity index is 1.82. The van der Waals surface area contributed by atoms with E-state index in [-0.39, 0.29) is 11.6 Å². The van der Waals surface area contributed by atoms with Crippen molar-refractivity contribution in [1.82, 2.24) is 20.1 Å². The Bertz CT molecular complexity index is 527. The molecule has 1 aromatic heterocycles. The Morgan fingerprint density at radius 1 is 1.44 bits per heavy atom. The summed E-state index contributed by atoms with van der Waals surface area (Å²) in [5, 5.41) is 20.4. The molecule has 0 unspecified atom stereocenters. The molecule has 96 valence electrons. The van der Waals surface area contributed by atoms with Crippen molar-refractivity contribution in [3.05, 3.63) is 41.7 Å². The number of benzene rings is 1. The normalized spacial score (nSPS) is 10.8. The number of phenols is 1. The predicted molar refractivity (Wildman–Crippen MR) is 64.5 cm³/mol. The quantitative estimate of drug-likeness (QED) is 0.777. The molecule has 0 atom stereocenters. The number of phenolic OH excluding ortho intramolecular Hbond substituents is 1. The summed E-state index contributed by atoms with van der Waals surface area (Å²) in [6.07, 6.45) is 2.38. The fourth-order valence-electron chi connectivity index (χ4n) is 1.65. The number of nitrogens with zero attached hydrogens (tertiary/aromatic N) is 3. The molecule has 0 amide bonds. The van der Waals surface area contributed by atoms with Crippen molar-refractivity contribution in [3.8, 4) is 5.75 Å². The van der Waals surface area contributed by atoms with Crippen molar-refractivity contribution in [2.75, 3.05) is 6.54 Å². The van der Waals surface area contributed by atoms with E-state index < -0.39 is 0 Å². The largest absolute Gasteiger partial charge is 0.508 e. The smallest absolute Gasteiger partial charge is 0.133 e. The van der Waals surface area contributed by atoms with Crippen LogP contribution in [0.2, 0.25) is 0 Å². The second-order valence-corrected chi connectivity index (χ2v) is 4.06. The minimum absolute atomic E-state index is 0.0996. The van der Waals surface area contributed by atoms with Crippen LogP contribution in [-0.2, 0) is 20.0 Å². The first-order valence-electron chi connectivity index (χ1n) is 5.68. The van der Waals surface area contributed by atoms with Crippen LogP contribution in [0, 0.1) is 5.82 Å². The van der Waals surface area contributed by atoms with Crippen LogP contribution in [0.5, 0.6) is 5.75 Å². The number of hydrogen-bond donors (Lipinski definition) is 2. The molecule has 0 saturated carbocycles. The van der Waals surface area contributed by atoms with E-state index in [2.05, 4.69) is 15.5 Å². The van der Waals surface area contributed by atoms with E-state index in [1.54, 1.807) is 6.33 Å². The Kier molecular flexibility index (Phi) is 3.88. The monoisotopic (exact) mass is 250 g/mol. The SMILES string of the molecule is Cn1cnnc1CCNCc1cc(F)ccc1O. The highest BCUT2D eigenvalue weighted by Crippen LogP contribution is 2.17. The van der Waals surface area contributed by atoms with Gasteiger partial charge in [0.2, 0.25) is 0 Å². The molecule has 18 heavy (non-hydrogen) atoms. The molecule has 2 aromatic rings. The molecule has 5 nitrogen and oxygen atoms in total. The van der Waals surface area contributed by atoms with Gasteiger partial charge in [-0.3, -0.25) is 0 Å². The van der Waals surface area contributed by atoms with E-state index in [4.69, 9.17) is 0 Å². The van der Waals surface area contributed by atoms with Crippen molar-refractivity contribution in [2.24, 2.45) is 7.05 Å². The van der Waals surface area contributed by atoms with Crippen LogP contribution < -0.4 is 5.32 Å². The Morgan fingerprint density at radius 2 is 2.28 bits per heavy atom. The van der Waals surface area contributed by atoms with E-state index in [0.29, 0.717) is 18.7 Å². The molecule has 0 aliphatic carbocycles. The molecule has 6 heteroatoms. The van der Waals surface area contributed by atoms with Crippen LogP contribution in [0.1, 0.15) is 11.4 Å². The molecule has 1 aromatic carbocycles. The van der Waals surface area contributed by atoms with E-state index in [1.165, 1.54) is 18.2 Å². The molecule has 2 N–H and O–H groups in total. The summed E-state index contributed by atoms with van der Waals surface area (Å²) in [5.74, 6) is 0.631. The number of aryl methyl sites for hydroxylation is 1. The van der Waals surface area contributed by atoms with Crippen molar-refractivity contribution in [3.63, 3.8) is 0 Å². The highest BCUT2D eigenvalue weighted by Gasteiger charge is 2.03. The average molecular weight is 250 g/mol. The number of halogens is 1. The molecule has 0 bridgehead atoms. The Labute approximate surface area is 104 Å². The Morgan fingerprint density at radius 3 is 3.00 bits per heavy atom. The maximum atomic E-state index is 13.0. The van der Waals surface area contributed by atoms with E-state index >= 15 is 0 Å². The van der Waals surface area contributed by atoms with Gasteiger partial charge in [-0.2, -0.15) is 0 Å². The molecular weight excluding hydrogens is 235 g/mol. The summed E-state index contributed by atoms with van der Waals surface area (Å²) in [6, 6.07) is 3.91. The van der Waals surface area contributed by atoms with Gasteiger partial charge in [-0.15, -0.1) is 10.2 Å². The van der Waals surface area contributed by atoms with Gasteiger partial charge < -0.3 is 15.0 Å². The second kappa shape index (κ2) is 5.59. The summed E-state index contributed by atoms with van der Waals surface area (Å²) < 4.78 is 14.8. The van der Waals surface area contributed by atoms with Crippen LogP contribution in [0.4, 0.5) is 4.39 Å². The van der Waals surface area contributed by atoms with Crippen LogP contribution in [-0.4, -0.2) is 26.4 Å². The summed E-state index contributed by atoms with van der Waals surface area (Å²) in [6.45, 7) is 1.10. The lowest BCUT2D eigenvalue weighted by molar-refractivity contribution is 0.461. The van der Waals surface area contributed by atoms with Crippen LogP contribution in [0.3, 0.4) is 0 Å². The zero-order valence-corrected chi connectivity index (χ0v) is 10.1. The van der Waals surface area contributed by atoms with E-state index in [9.17, 15) is 9.50 Å². The molecule has 0 aliphatic rings. The number of aromatic hydroxyl groups is 1. The lowest BCUT2D eigenvalue weighted by atomic mass is 10.2. The highest BCUT2D eigenvalue weighted by molar-refractivity contribution is 5.32. The van der Waals surface area contributed by atoms with Gasteiger partial charge >= 0.3 is 0 Å². The molecular formula is C12H15FN4O. The summed E-state index contributed by atoms with van der Waals surface area (Å²) >= 11 is 0. The van der Waals surface area contributed by atoms with Gasteiger partial charge in [0.05, 0.1) is 0 Å². The highest BCUT2D eigenvalue weighted by atomic mass is 19.1. The zero-order chi connectivity index (χ0) is 13.0. The van der Waals surface area contributed by atoms with Gasteiger partial charge in [-0.1, -0.05) is 0 Å². The first-order chi connectivity index (χ1) is 8.66. The van der Waals surface area contributed by atoms with Gasteiger partial charge in [0, 0.05) is 32.1 Å². The number of nitrogens with one attached hydrogen (secondary N) is 1. The lowest BCUT2D eigenvalue weighted by Crippen LogP contribution is -2.18. The van der Waals surface area contributed by atoms with Gasteiger partial charge in [-0.05, 0) is 18.2 Å². The van der Waals surface area contributed by atoms with Crippen molar-refractivity contribution in [2.45, 2.75) is 13.0 Å².